The molecule has 0 aliphatic carbocycles. The Morgan fingerprint density at radius 3 is 2.57 bits per heavy atom. The molecule has 0 N–H and O–H groups in total. The quantitative estimate of drug-likeness (QED) is 0.496. The predicted octanol–water partition coefficient (Wildman–Crippen LogP) is 3.85. The van der Waals surface area contributed by atoms with E-state index < -0.39 is 5.95 Å². The van der Waals surface area contributed by atoms with Gasteiger partial charge in [0.05, 0.1) is 22.2 Å². The summed E-state index contributed by atoms with van der Waals surface area (Å²) in [7, 11) is 0. The van der Waals surface area contributed by atoms with E-state index in [-0.39, 0.29) is 5.82 Å². The minimum Gasteiger partial charge on any atom is -0.294 e. The Morgan fingerprint density at radius 1 is 0.905 bits per heavy atom. The van der Waals surface area contributed by atoms with Gasteiger partial charge >= 0.3 is 0 Å². The first-order chi connectivity index (χ1) is 10.2. The molecule has 2 aromatic heterocycles. The maximum Gasteiger partial charge on any atom is 0.213 e. The number of nitrogens with zero attached hydrogens (tertiary/aromatic N) is 3. The standard InChI is InChI=1S/C16H9F2N3/c17-11-3-1-2-4-13(11)21-9-19-12-7-5-10-6-8-14(18)20-15(10)16(12)21/h1-9H. The zero-order chi connectivity index (χ0) is 14.4. The SMILES string of the molecule is Fc1ccc2ccc3ncn(-c4ccccc4F)c3c2n1. The first-order valence-corrected chi connectivity index (χ1v) is 6.41. The van der Waals surface area contributed by atoms with E-state index in [0.29, 0.717) is 22.2 Å². The van der Waals surface area contributed by atoms with Gasteiger partial charge < -0.3 is 0 Å². The molecule has 0 atom stereocenters. The summed E-state index contributed by atoms with van der Waals surface area (Å²) in [4.78, 5) is 8.19. The molecule has 0 bridgehead atoms. The summed E-state index contributed by atoms with van der Waals surface area (Å²) in [5.41, 5.74) is 2.06. The lowest BCUT2D eigenvalue weighted by molar-refractivity contribution is 0.589. The third-order valence-electron chi connectivity index (χ3n) is 3.45. The molecule has 4 aromatic rings. The third-order valence-corrected chi connectivity index (χ3v) is 3.45. The fourth-order valence-corrected chi connectivity index (χ4v) is 2.49. The summed E-state index contributed by atoms with van der Waals surface area (Å²) in [6, 6.07) is 13.0. The van der Waals surface area contributed by atoms with Gasteiger partial charge in [-0.2, -0.15) is 4.39 Å². The molecular formula is C16H9F2N3. The Morgan fingerprint density at radius 2 is 1.71 bits per heavy atom. The number of benzene rings is 2. The molecule has 4 rings (SSSR count). The van der Waals surface area contributed by atoms with E-state index in [1.807, 2.05) is 12.1 Å². The van der Waals surface area contributed by atoms with Gasteiger partial charge in [0.2, 0.25) is 5.95 Å². The van der Waals surface area contributed by atoms with Gasteiger partial charge in [-0.25, -0.2) is 14.4 Å². The highest BCUT2D eigenvalue weighted by molar-refractivity contribution is 6.02. The largest absolute Gasteiger partial charge is 0.294 e. The van der Waals surface area contributed by atoms with Crippen molar-refractivity contribution < 1.29 is 8.78 Å². The van der Waals surface area contributed by atoms with Crippen LogP contribution in [0, 0.1) is 11.8 Å². The maximum atomic E-state index is 14.0. The monoisotopic (exact) mass is 281 g/mol. The molecule has 21 heavy (non-hydrogen) atoms. The Balaban J connectivity index is 2.16. The van der Waals surface area contributed by atoms with Crippen molar-refractivity contribution in [1.29, 1.82) is 0 Å². The van der Waals surface area contributed by atoms with Gasteiger partial charge in [-0.1, -0.05) is 18.2 Å². The molecule has 0 saturated carbocycles. The highest BCUT2D eigenvalue weighted by Crippen LogP contribution is 2.26. The second kappa shape index (κ2) is 4.34. The second-order valence-electron chi connectivity index (χ2n) is 4.70. The van der Waals surface area contributed by atoms with E-state index in [4.69, 9.17) is 0 Å². The van der Waals surface area contributed by atoms with Gasteiger partial charge in [0.1, 0.15) is 12.1 Å². The van der Waals surface area contributed by atoms with Crippen molar-refractivity contribution >= 4 is 21.9 Å². The van der Waals surface area contributed by atoms with E-state index in [2.05, 4.69) is 9.97 Å². The Labute approximate surface area is 118 Å². The highest BCUT2D eigenvalue weighted by Gasteiger charge is 2.12. The van der Waals surface area contributed by atoms with E-state index >= 15 is 0 Å². The number of pyridine rings is 1. The van der Waals surface area contributed by atoms with Crippen molar-refractivity contribution in [2.75, 3.05) is 0 Å². The summed E-state index contributed by atoms with van der Waals surface area (Å²) in [5.74, 6) is -0.943. The van der Waals surface area contributed by atoms with Crippen LogP contribution >= 0.6 is 0 Å². The normalized spacial score (nSPS) is 11.3. The van der Waals surface area contributed by atoms with Crippen molar-refractivity contribution in [2.24, 2.45) is 0 Å². The van der Waals surface area contributed by atoms with Gasteiger partial charge in [-0.3, -0.25) is 4.57 Å². The molecule has 0 unspecified atom stereocenters. The average molecular weight is 281 g/mol. The number of halogens is 2. The number of imidazole rings is 1. The molecule has 2 heterocycles. The van der Waals surface area contributed by atoms with Crippen molar-refractivity contribution in [1.82, 2.24) is 14.5 Å². The fraction of sp³-hybridized carbons (Fsp3) is 0. The topological polar surface area (TPSA) is 30.7 Å². The highest BCUT2D eigenvalue weighted by atomic mass is 19.1. The van der Waals surface area contributed by atoms with Crippen molar-refractivity contribution in [3.8, 4) is 5.69 Å². The second-order valence-corrected chi connectivity index (χ2v) is 4.70. The van der Waals surface area contributed by atoms with Crippen LogP contribution in [0.1, 0.15) is 0 Å². The summed E-state index contributed by atoms with van der Waals surface area (Å²) in [6.45, 7) is 0. The minimum atomic E-state index is -0.573. The Hall–Kier alpha value is -2.82. The number of hydrogen-bond donors (Lipinski definition) is 0. The molecule has 3 nitrogen and oxygen atoms in total. The molecule has 0 spiro atoms. The number of hydrogen-bond acceptors (Lipinski definition) is 2. The lowest BCUT2D eigenvalue weighted by Crippen LogP contribution is -1.97. The van der Waals surface area contributed by atoms with E-state index in [1.165, 1.54) is 18.5 Å². The lowest BCUT2D eigenvalue weighted by Gasteiger charge is -2.07. The number of aromatic nitrogens is 3. The first kappa shape index (κ1) is 12.0. The van der Waals surface area contributed by atoms with Crippen LogP contribution in [0.5, 0.6) is 0 Å². The van der Waals surface area contributed by atoms with E-state index in [9.17, 15) is 8.78 Å². The van der Waals surface area contributed by atoms with Crippen LogP contribution in [0.2, 0.25) is 0 Å². The number of fused-ring (bicyclic) bond motifs is 3. The molecule has 0 aliphatic rings. The molecule has 0 aliphatic heterocycles. The first-order valence-electron chi connectivity index (χ1n) is 6.41. The Bertz CT molecular complexity index is 976. The van der Waals surface area contributed by atoms with Crippen LogP contribution in [0.4, 0.5) is 8.78 Å². The van der Waals surface area contributed by atoms with Crippen LogP contribution in [-0.2, 0) is 0 Å². The van der Waals surface area contributed by atoms with Crippen LogP contribution < -0.4 is 0 Å². The van der Waals surface area contributed by atoms with Gasteiger partial charge in [0.25, 0.3) is 0 Å². The van der Waals surface area contributed by atoms with Crippen LogP contribution in [0.3, 0.4) is 0 Å². The van der Waals surface area contributed by atoms with Gasteiger partial charge in [-0.05, 0) is 30.3 Å². The number of rotatable bonds is 1. The zero-order valence-electron chi connectivity index (χ0n) is 10.8. The van der Waals surface area contributed by atoms with E-state index in [1.54, 1.807) is 28.8 Å². The molecular weight excluding hydrogens is 272 g/mol. The number of para-hydroxylation sites is 1. The summed E-state index contributed by atoms with van der Waals surface area (Å²) in [6.07, 6.45) is 1.52. The molecule has 0 radical (unpaired) electrons. The van der Waals surface area contributed by atoms with Gasteiger partial charge in [0.15, 0.2) is 0 Å². The third kappa shape index (κ3) is 1.78. The molecule has 0 fully saturated rings. The van der Waals surface area contributed by atoms with E-state index in [0.717, 1.165) is 5.39 Å². The fourth-order valence-electron chi connectivity index (χ4n) is 2.49. The molecule has 0 amide bonds. The summed E-state index contributed by atoms with van der Waals surface area (Å²) >= 11 is 0. The molecule has 0 saturated heterocycles. The smallest absolute Gasteiger partial charge is 0.213 e. The van der Waals surface area contributed by atoms with Crippen LogP contribution in [0.25, 0.3) is 27.6 Å². The Kier molecular flexibility index (Phi) is 2.47. The van der Waals surface area contributed by atoms with Gasteiger partial charge in [0, 0.05) is 5.39 Å². The van der Waals surface area contributed by atoms with Gasteiger partial charge in [-0.15, -0.1) is 0 Å². The van der Waals surface area contributed by atoms with Crippen molar-refractivity contribution in [3.05, 3.63) is 66.6 Å². The summed E-state index contributed by atoms with van der Waals surface area (Å²) in [5, 5.41) is 0.780. The van der Waals surface area contributed by atoms with Crippen LogP contribution in [0.15, 0.2) is 54.9 Å². The minimum absolute atomic E-state index is 0.360. The maximum absolute atomic E-state index is 14.0. The summed E-state index contributed by atoms with van der Waals surface area (Å²) < 4.78 is 29.1. The van der Waals surface area contributed by atoms with Crippen molar-refractivity contribution in [2.45, 2.75) is 0 Å². The van der Waals surface area contributed by atoms with Crippen molar-refractivity contribution in [3.63, 3.8) is 0 Å². The lowest BCUT2D eigenvalue weighted by atomic mass is 10.2. The predicted molar refractivity (Wildman–Crippen MR) is 76.3 cm³/mol. The molecule has 2 aromatic carbocycles. The zero-order valence-corrected chi connectivity index (χ0v) is 10.8. The van der Waals surface area contributed by atoms with Crippen LogP contribution in [-0.4, -0.2) is 14.5 Å². The molecule has 5 heteroatoms. The molecule has 102 valence electrons. The average Bonchev–Trinajstić information content (AvgIpc) is 2.92.